The molecule has 0 saturated carbocycles. The van der Waals surface area contributed by atoms with Gasteiger partial charge in [-0.05, 0) is 68.2 Å². The zero-order valence-corrected chi connectivity index (χ0v) is 31.0. The number of nitrogens with one attached hydrogen (secondary N) is 3. The molecule has 53 heavy (non-hydrogen) atoms. The molecule has 2 aromatic heterocycles. The van der Waals surface area contributed by atoms with E-state index in [0.717, 1.165) is 42.1 Å². The molecule has 5 N–H and O–H groups in total. The summed E-state index contributed by atoms with van der Waals surface area (Å²) < 4.78 is 7.52. The van der Waals surface area contributed by atoms with E-state index in [1.165, 1.54) is 0 Å². The Kier molecular flexibility index (Phi) is 16.5. The van der Waals surface area contributed by atoms with Gasteiger partial charge in [-0.3, -0.25) is 29.8 Å². The fourth-order valence-electron chi connectivity index (χ4n) is 6.50. The molecule has 0 spiro atoms. The van der Waals surface area contributed by atoms with Gasteiger partial charge in [0, 0.05) is 62.0 Å². The van der Waals surface area contributed by atoms with E-state index in [-0.39, 0.29) is 43.4 Å². The number of urea groups is 1. The van der Waals surface area contributed by atoms with Gasteiger partial charge in [0.25, 0.3) is 0 Å². The van der Waals surface area contributed by atoms with E-state index in [1.807, 2.05) is 55.9 Å². The van der Waals surface area contributed by atoms with Crippen LogP contribution in [0.5, 0.6) is 0 Å². The summed E-state index contributed by atoms with van der Waals surface area (Å²) in [6.45, 7) is 5.34. The number of pyridine rings is 1. The Bertz CT molecular complexity index is 1610. The van der Waals surface area contributed by atoms with Crippen molar-refractivity contribution < 1.29 is 39.2 Å². The lowest BCUT2D eigenvalue weighted by Crippen LogP contribution is -2.58. The molecule has 0 aliphatic carbocycles. The van der Waals surface area contributed by atoms with Crippen LogP contribution in [0.1, 0.15) is 76.5 Å². The molecule has 1 saturated heterocycles. The van der Waals surface area contributed by atoms with Gasteiger partial charge < -0.3 is 30.2 Å². The van der Waals surface area contributed by atoms with Crippen molar-refractivity contribution in [1.82, 2.24) is 35.8 Å². The predicted octanol–water partition coefficient (Wildman–Crippen LogP) is 4.05. The van der Waals surface area contributed by atoms with Crippen LogP contribution in [-0.2, 0) is 43.8 Å². The fraction of sp³-hybridized carbons (Fsp3) is 0.553. The van der Waals surface area contributed by atoms with E-state index in [4.69, 9.17) is 15.2 Å². The van der Waals surface area contributed by atoms with Crippen molar-refractivity contribution in [3.63, 3.8) is 0 Å². The molecule has 1 fully saturated rings. The maximum Gasteiger partial charge on any atom is 0.329 e. The highest BCUT2D eigenvalue weighted by molar-refractivity contribution is 5.94. The molecule has 3 aromatic rings. The van der Waals surface area contributed by atoms with Gasteiger partial charge in [0.05, 0.1) is 18.6 Å². The van der Waals surface area contributed by atoms with E-state index >= 15 is 0 Å². The van der Waals surface area contributed by atoms with Gasteiger partial charge in [0.15, 0.2) is 0 Å². The molecular formula is C38H55N7O8. The number of unbranched alkanes of at least 4 members (excludes halogenated alkanes) is 2. The van der Waals surface area contributed by atoms with Crippen molar-refractivity contribution in [3.8, 4) is 0 Å². The zero-order chi connectivity index (χ0) is 38.2. The summed E-state index contributed by atoms with van der Waals surface area (Å²) in [5.41, 5.74) is 2.35. The average molecular weight is 738 g/mol. The van der Waals surface area contributed by atoms with Crippen molar-refractivity contribution in [2.75, 3.05) is 26.3 Å². The van der Waals surface area contributed by atoms with Crippen LogP contribution in [0.3, 0.4) is 0 Å². The molecule has 1 aromatic carbocycles. The lowest BCUT2D eigenvalue weighted by atomic mass is 10.0. The second-order valence-electron chi connectivity index (χ2n) is 14.0. The largest absolute Gasteiger partial charge is 0.464 e. The van der Waals surface area contributed by atoms with Crippen LogP contribution in [0.4, 0.5) is 4.79 Å². The highest BCUT2D eigenvalue weighted by Crippen LogP contribution is 2.22. The Balaban J connectivity index is 1.54. The number of hydrogen-bond donors (Lipinski definition) is 5. The number of ether oxygens (including phenoxy) is 1. The number of aromatic nitrogens is 2. The first-order valence-corrected chi connectivity index (χ1v) is 18.6. The third kappa shape index (κ3) is 13.4. The second-order valence-corrected chi connectivity index (χ2v) is 14.0. The highest BCUT2D eigenvalue weighted by Gasteiger charge is 2.32. The van der Waals surface area contributed by atoms with Crippen LogP contribution in [0.15, 0.2) is 54.9 Å². The third-order valence-corrected chi connectivity index (χ3v) is 9.23. The smallest absolute Gasteiger partial charge is 0.329 e. The SMILES string of the molecule is CC(C)CC(NC(=O)N1CCCCCC1)C(=O)NC(Cc1cn(C)c2ccccc12)C(=O)N[C@H](Cc1ccccn1)C(=O)OCCCCCON(O)O. The number of hydrogen-bond acceptors (Lipinski definition) is 10. The number of likely N-dealkylation sites (tertiary alicyclic amines) is 1. The number of rotatable bonds is 19. The highest BCUT2D eigenvalue weighted by atomic mass is 17.1. The van der Waals surface area contributed by atoms with Crippen molar-refractivity contribution in [2.45, 2.75) is 96.2 Å². The van der Waals surface area contributed by atoms with Crippen molar-refractivity contribution >= 4 is 34.7 Å². The van der Waals surface area contributed by atoms with Gasteiger partial charge in [0.2, 0.25) is 11.8 Å². The zero-order valence-electron chi connectivity index (χ0n) is 31.0. The molecule has 15 heteroatoms. The molecule has 1 aliphatic rings. The molecule has 15 nitrogen and oxygen atoms in total. The number of benzene rings is 1. The van der Waals surface area contributed by atoms with E-state index in [9.17, 15) is 19.2 Å². The Morgan fingerprint density at radius 2 is 1.51 bits per heavy atom. The number of amides is 4. The minimum Gasteiger partial charge on any atom is -0.464 e. The molecule has 4 rings (SSSR count). The number of nitrogens with zero attached hydrogens (tertiary/aromatic N) is 4. The maximum absolute atomic E-state index is 14.3. The van der Waals surface area contributed by atoms with Crippen molar-refractivity contribution in [3.05, 3.63) is 66.1 Å². The minimum absolute atomic E-state index is 0.0545. The maximum atomic E-state index is 14.3. The number of carbonyl (C=O) groups is 4. The number of carbonyl (C=O) groups excluding carboxylic acids is 4. The van der Waals surface area contributed by atoms with Crippen LogP contribution in [0.2, 0.25) is 0 Å². The number of aryl methyl sites for hydroxylation is 1. The van der Waals surface area contributed by atoms with Gasteiger partial charge in [-0.25, -0.2) is 9.59 Å². The molecule has 0 bridgehead atoms. The standard InChI is InChI=1S/C38H55N7O8/c1-27(2)23-31(42-38(49)44-19-11-4-5-12-20-44)35(46)40-32(24-28-26-43(3)34-17-8-7-16-30(28)34)36(47)41-33(25-29-15-9-10-18-39-29)37(48)52-21-13-6-14-22-53-45(50)51/h7-10,15-18,26-27,31-33,50-51H,4-6,11-14,19-25H2,1-3H3,(H,40,46)(H,41,47)(H,42,49)/t31?,32?,33-/m1/s1. The lowest BCUT2D eigenvalue weighted by Gasteiger charge is -2.28. The molecule has 3 heterocycles. The summed E-state index contributed by atoms with van der Waals surface area (Å²) in [4.78, 5) is 65.8. The van der Waals surface area contributed by atoms with Crippen LogP contribution in [0.25, 0.3) is 10.9 Å². The molecule has 290 valence electrons. The Labute approximate surface area is 310 Å². The summed E-state index contributed by atoms with van der Waals surface area (Å²) >= 11 is 0. The molecular weight excluding hydrogens is 682 g/mol. The third-order valence-electron chi connectivity index (χ3n) is 9.23. The summed E-state index contributed by atoms with van der Waals surface area (Å²) in [6.07, 6.45) is 9.57. The van der Waals surface area contributed by atoms with Gasteiger partial charge >= 0.3 is 12.0 Å². The van der Waals surface area contributed by atoms with Crippen LogP contribution in [0, 0.1) is 5.92 Å². The van der Waals surface area contributed by atoms with E-state index in [2.05, 4.69) is 25.8 Å². The number of para-hydroxylation sites is 1. The summed E-state index contributed by atoms with van der Waals surface area (Å²) in [5, 5.41) is 26.7. The van der Waals surface area contributed by atoms with E-state index in [0.29, 0.717) is 44.5 Å². The van der Waals surface area contributed by atoms with Crippen molar-refractivity contribution in [2.24, 2.45) is 13.0 Å². The normalized spacial score (nSPS) is 15.1. The topological polar surface area (TPSA) is 188 Å². The fourth-order valence-corrected chi connectivity index (χ4v) is 6.50. The molecule has 0 radical (unpaired) electrons. The van der Waals surface area contributed by atoms with Crippen molar-refractivity contribution in [1.29, 1.82) is 0 Å². The number of fused-ring (bicyclic) bond motifs is 1. The quantitative estimate of drug-likeness (QED) is 0.0683. The first-order valence-electron chi connectivity index (χ1n) is 18.6. The minimum atomic E-state index is -1.11. The second kappa shape index (κ2) is 21.2. The van der Waals surface area contributed by atoms with Gasteiger partial charge in [-0.1, -0.05) is 51.0 Å². The lowest BCUT2D eigenvalue weighted by molar-refractivity contribution is -0.492. The Morgan fingerprint density at radius 3 is 2.21 bits per heavy atom. The van der Waals surface area contributed by atoms with E-state index < -0.39 is 35.9 Å². The van der Waals surface area contributed by atoms with Crippen LogP contribution in [-0.4, -0.2) is 98.5 Å². The molecule has 3 atom stereocenters. The summed E-state index contributed by atoms with van der Waals surface area (Å²) in [7, 11) is 1.91. The molecule has 2 unspecified atom stereocenters. The summed E-state index contributed by atoms with van der Waals surface area (Å²) in [6, 6.07) is 9.67. The average Bonchev–Trinajstić information content (AvgIpc) is 3.27. The van der Waals surface area contributed by atoms with Crippen LogP contribution < -0.4 is 16.0 Å². The van der Waals surface area contributed by atoms with Gasteiger partial charge in [-0.2, -0.15) is 0 Å². The molecule has 4 amide bonds. The van der Waals surface area contributed by atoms with Gasteiger partial charge in [-0.15, -0.1) is 0 Å². The first-order chi connectivity index (χ1) is 25.5. The molecule has 1 aliphatic heterocycles. The number of esters is 1. The predicted molar refractivity (Wildman–Crippen MR) is 196 cm³/mol. The van der Waals surface area contributed by atoms with Crippen LogP contribution >= 0.6 is 0 Å². The van der Waals surface area contributed by atoms with E-state index in [1.54, 1.807) is 29.3 Å². The summed E-state index contributed by atoms with van der Waals surface area (Å²) in [5.74, 6) is -1.65. The Morgan fingerprint density at radius 1 is 0.830 bits per heavy atom. The monoisotopic (exact) mass is 737 g/mol. The first kappa shape index (κ1) is 41.2. The Hall–Kier alpha value is -4.57. The van der Waals surface area contributed by atoms with Gasteiger partial charge in [0.1, 0.15) is 18.1 Å².